The average Bonchev–Trinajstić information content (AvgIpc) is 2.41. The van der Waals surface area contributed by atoms with Crippen LogP contribution in [0.15, 0.2) is 41.0 Å². The second-order valence-corrected chi connectivity index (χ2v) is 4.83. The van der Waals surface area contributed by atoms with Gasteiger partial charge in [-0.05, 0) is 25.1 Å². The van der Waals surface area contributed by atoms with Crippen molar-refractivity contribution >= 4 is 27.4 Å². The van der Waals surface area contributed by atoms with Crippen molar-refractivity contribution in [2.75, 3.05) is 0 Å². The highest BCUT2D eigenvalue weighted by Crippen LogP contribution is 2.32. The van der Waals surface area contributed by atoms with E-state index in [0.29, 0.717) is 10.0 Å². The molecule has 0 saturated carbocycles. The van der Waals surface area contributed by atoms with Crippen LogP contribution in [0.2, 0.25) is 0 Å². The van der Waals surface area contributed by atoms with E-state index in [9.17, 15) is 14.9 Å². The number of halogens is 1. The van der Waals surface area contributed by atoms with E-state index in [-0.39, 0.29) is 23.1 Å². The van der Waals surface area contributed by atoms with Crippen LogP contribution in [0.4, 0.5) is 5.69 Å². The lowest BCUT2D eigenvalue weighted by Gasteiger charge is -2.06. The zero-order valence-electron chi connectivity index (χ0n) is 10.4. The maximum atomic E-state index is 11.1. The Morgan fingerprint density at radius 2 is 2.10 bits per heavy atom. The number of nitro groups is 1. The van der Waals surface area contributed by atoms with Gasteiger partial charge in [0.15, 0.2) is 5.78 Å². The minimum absolute atomic E-state index is 0.0845. The summed E-state index contributed by atoms with van der Waals surface area (Å²) in [4.78, 5) is 25.5. The molecule has 0 unspecified atom stereocenters. The van der Waals surface area contributed by atoms with Crippen LogP contribution in [-0.2, 0) is 0 Å². The van der Waals surface area contributed by atoms with Gasteiger partial charge in [-0.15, -0.1) is 0 Å². The average molecular weight is 337 g/mol. The Morgan fingerprint density at radius 3 is 2.65 bits per heavy atom. The first-order valence-corrected chi connectivity index (χ1v) is 6.35. The lowest BCUT2D eigenvalue weighted by molar-refractivity contribution is -0.385. The molecule has 0 N–H and O–H groups in total. The third-order valence-corrected chi connectivity index (χ3v) is 2.97. The molecule has 0 saturated heterocycles. The molecule has 0 amide bonds. The Hall–Kier alpha value is -2.28. The molecule has 102 valence electrons. The Balaban J connectivity index is 2.30. The topological polar surface area (TPSA) is 82.3 Å². The zero-order chi connectivity index (χ0) is 14.7. The number of nitro benzene ring substituents is 1. The number of hydrogen-bond donors (Lipinski definition) is 0. The number of rotatable bonds is 4. The molecule has 0 aliphatic rings. The second-order valence-electron chi connectivity index (χ2n) is 3.91. The maximum Gasteiger partial charge on any atom is 0.312 e. The van der Waals surface area contributed by atoms with E-state index in [1.165, 1.54) is 31.3 Å². The van der Waals surface area contributed by atoms with Gasteiger partial charge in [0.05, 0.1) is 4.92 Å². The second kappa shape index (κ2) is 5.79. The predicted octanol–water partition coefficient (Wildman–Crippen LogP) is 3.75. The Kier molecular flexibility index (Phi) is 4.09. The van der Waals surface area contributed by atoms with E-state index < -0.39 is 4.92 Å². The number of ketones is 1. The van der Waals surface area contributed by atoms with Crippen molar-refractivity contribution in [3.05, 3.63) is 56.7 Å². The van der Waals surface area contributed by atoms with Crippen LogP contribution >= 0.6 is 15.9 Å². The summed E-state index contributed by atoms with van der Waals surface area (Å²) in [5.74, 6) is 0.153. The molecule has 0 spiro atoms. The van der Waals surface area contributed by atoms with Crippen molar-refractivity contribution in [3.8, 4) is 11.6 Å². The summed E-state index contributed by atoms with van der Waals surface area (Å²) in [7, 11) is 0. The largest absolute Gasteiger partial charge is 0.432 e. The van der Waals surface area contributed by atoms with Gasteiger partial charge in [-0.3, -0.25) is 14.9 Å². The first-order chi connectivity index (χ1) is 9.47. The zero-order valence-corrected chi connectivity index (χ0v) is 12.0. The van der Waals surface area contributed by atoms with Crippen molar-refractivity contribution in [1.29, 1.82) is 0 Å². The molecule has 0 fully saturated rings. The Bertz CT molecular complexity index is 671. The molecular weight excluding hydrogens is 328 g/mol. The third-order valence-electron chi connectivity index (χ3n) is 2.48. The highest BCUT2D eigenvalue weighted by atomic mass is 79.9. The molecular formula is C13H9BrN2O4. The summed E-state index contributed by atoms with van der Waals surface area (Å²) >= 11 is 3.16. The number of Topliss-reactive ketones (excluding diaryl/α,β-unsaturated/α-hetero) is 1. The Labute approximate surface area is 122 Å². The van der Waals surface area contributed by atoms with Gasteiger partial charge in [-0.2, -0.15) is 0 Å². The molecule has 2 rings (SSSR count). The number of ether oxygens (including phenoxy) is 1. The summed E-state index contributed by atoms with van der Waals surface area (Å²) in [6.45, 7) is 1.43. The summed E-state index contributed by atoms with van der Waals surface area (Å²) in [6.07, 6.45) is 1.36. The fraction of sp³-hybridized carbons (Fsp3) is 0.0769. The van der Waals surface area contributed by atoms with Gasteiger partial charge in [0.2, 0.25) is 11.6 Å². The SMILES string of the molecule is CC(=O)c1ccc(Oc2ccc(Br)cc2[N+](=O)[O-])nc1. The number of benzene rings is 1. The summed E-state index contributed by atoms with van der Waals surface area (Å²) < 4.78 is 5.96. The molecule has 6 nitrogen and oxygen atoms in total. The maximum absolute atomic E-state index is 11.1. The van der Waals surface area contributed by atoms with Crippen LogP contribution in [0.1, 0.15) is 17.3 Å². The first kappa shape index (κ1) is 14.1. The van der Waals surface area contributed by atoms with Gasteiger partial charge in [-0.1, -0.05) is 15.9 Å². The molecule has 1 heterocycles. The van der Waals surface area contributed by atoms with Gasteiger partial charge < -0.3 is 4.74 Å². The highest BCUT2D eigenvalue weighted by molar-refractivity contribution is 9.10. The molecule has 2 aromatic rings. The normalized spacial score (nSPS) is 10.1. The number of nitrogens with zero attached hydrogens (tertiary/aromatic N) is 2. The molecule has 20 heavy (non-hydrogen) atoms. The van der Waals surface area contributed by atoms with Crippen molar-refractivity contribution < 1.29 is 14.5 Å². The van der Waals surface area contributed by atoms with Crippen LogP contribution in [-0.4, -0.2) is 15.7 Å². The number of carbonyl (C=O) groups is 1. The quantitative estimate of drug-likeness (QED) is 0.482. The summed E-state index contributed by atoms with van der Waals surface area (Å²) in [5, 5.41) is 10.9. The van der Waals surface area contributed by atoms with Gasteiger partial charge >= 0.3 is 5.69 Å². The van der Waals surface area contributed by atoms with Gasteiger partial charge in [0.25, 0.3) is 0 Å². The molecule has 0 bridgehead atoms. The molecule has 0 atom stereocenters. The molecule has 0 aliphatic carbocycles. The van der Waals surface area contributed by atoms with E-state index in [4.69, 9.17) is 4.74 Å². The van der Waals surface area contributed by atoms with Crippen LogP contribution in [0.3, 0.4) is 0 Å². The van der Waals surface area contributed by atoms with Crippen LogP contribution in [0, 0.1) is 10.1 Å². The van der Waals surface area contributed by atoms with E-state index in [1.54, 1.807) is 12.1 Å². The predicted molar refractivity (Wildman–Crippen MR) is 75.1 cm³/mol. The molecule has 1 aromatic heterocycles. The summed E-state index contributed by atoms with van der Waals surface area (Å²) in [5.41, 5.74) is 0.277. The number of hydrogen-bond acceptors (Lipinski definition) is 5. The van der Waals surface area contributed by atoms with Crippen LogP contribution in [0.25, 0.3) is 0 Å². The van der Waals surface area contributed by atoms with E-state index >= 15 is 0 Å². The van der Waals surface area contributed by atoms with Crippen molar-refractivity contribution in [3.63, 3.8) is 0 Å². The van der Waals surface area contributed by atoms with Crippen molar-refractivity contribution in [2.24, 2.45) is 0 Å². The Morgan fingerprint density at radius 1 is 1.35 bits per heavy atom. The van der Waals surface area contributed by atoms with Gasteiger partial charge in [0.1, 0.15) is 0 Å². The van der Waals surface area contributed by atoms with Crippen LogP contribution in [0.5, 0.6) is 11.6 Å². The fourth-order valence-corrected chi connectivity index (χ4v) is 1.83. The minimum Gasteiger partial charge on any atom is -0.432 e. The van der Waals surface area contributed by atoms with Crippen LogP contribution < -0.4 is 4.74 Å². The van der Waals surface area contributed by atoms with Gasteiger partial charge in [-0.25, -0.2) is 4.98 Å². The lowest BCUT2D eigenvalue weighted by atomic mass is 10.2. The molecule has 1 aromatic carbocycles. The number of pyridine rings is 1. The highest BCUT2D eigenvalue weighted by Gasteiger charge is 2.16. The molecule has 0 aliphatic heterocycles. The number of carbonyl (C=O) groups excluding carboxylic acids is 1. The monoisotopic (exact) mass is 336 g/mol. The van der Waals surface area contributed by atoms with Crippen molar-refractivity contribution in [2.45, 2.75) is 6.92 Å². The van der Waals surface area contributed by atoms with Crippen molar-refractivity contribution in [1.82, 2.24) is 4.98 Å². The smallest absolute Gasteiger partial charge is 0.312 e. The van der Waals surface area contributed by atoms with E-state index in [1.807, 2.05) is 0 Å². The third kappa shape index (κ3) is 3.18. The number of aromatic nitrogens is 1. The molecule has 7 heteroatoms. The molecule has 0 radical (unpaired) electrons. The standard InChI is InChI=1S/C13H9BrN2O4/c1-8(17)9-2-5-13(15-7-9)20-12-4-3-10(14)6-11(12)16(18)19/h2-7H,1H3. The van der Waals surface area contributed by atoms with E-state index in [0.717, 1.165) is 0 Å². The fourth-order valence-electron chi connectivity index (χ4n) is 1.48. The summed E-state index contributed by atoms with van der Waals surface area (Å²) in [6, 6.07) is 7.49. The van der Waals surface area contributed by atoms with E-state index in [2.05, 4.69) is 20.9 Å². The first-order valence-electron chi connectivity index (χ1n) is 5.56. The van der Waals surface area contributed by atoms with Gasteiger partial charge in [0, 0.05) is 28.4 Å². The lowest BCUT2D eigenvalue weighted by Crippen LogP contribution is -1.96. The minimum atomic E-state index is -0.538.